The molecular formula is C13H8BrClF3N3. The topological polar surface area (TPSA) is 37.3 Å². The second kappa shape index (κ2) is 6.44. The van der Waals surface area contributed by atoms with Crippen LogP contribution in [0, 0.1) is 0 Å². The quantitative estimate of drug-likeness (QED) is 0.605. The first-order valence-electron chi connectivity index (χ1n) is 5.63. The van der Waals surface area contributed by atoms with Crippen LogP contribution in [-0.4, -0.2) is 11.2 Å². The van der Waals surface area contributed by atoms with Crippen LogP contribution in [-0.2, 0) is 6.18 Å². The van der Waals surface area contributed by atoms with Gasteiger partial charge in [-0.2, -0.15) is 18.3 Å². The average molecular weight is 379 g/mol. The van der Waals surface area contributed by atoms with Gasteiger partial charge in [0.2, 0.25) is 0 Å². The average Bonchev–Trinajstić information content (AvgIpc) is 2.41. The molecule has 0 radical (unpaired) electrons. The van der Waals surface area contributed by atoms with E-state index in [-0.39, 0.29) is 10.8 Å². The van der Waals surface area contributed by atoms with E-state index in [0.717, 1.165) is 16.1 Å². The number of nitrogens with zero attached hydrogens (tertiary/aromatic N) is 2. The number of anilines is 1. The van der Waals surface area contributed by atoms with E-state index in [2.05, 4.69) is 31.4 Å². The molecule has 0 aliphatic carbocycles. The summed E-state index contributed by atoms with van der Waals surface area (Å²) in [6.07, 6.45) is -2.28. The van der Waals surface area contributed by atoms with Crippen LogP contribution in [0.1, 0.15) is 11.1 Å². The van der Waals surface area contributed by atoms with Gasteiger partial charge < -0.3 is 0 Å². The molecule has 2 aromatic rings. The van der Waals surface area contributed by atoms with Crippen LogP contribution in [0.4, 0.5) is 19.0 Å². The van der Waals surface area contributed by atoms with E-state index < -0.39 is 11.7 Å². The Kier molecular flexibility index (Phi) is 4.84. The normalized spacial score (nSPS) is 11.9. The molecule has 8 heteroatoms. The lowest BCUT2D eigenvalue weighted by Gasteiger charge is -2.08. The number of hydrazone groups is 1. The molecule has 0 aliphatic heterocycles. The summed E-state index contributed by atoms with van der Waals surface area (Å²) in [7, 11) is 0. The third kappa shape index (κ3) is 4.44. The van der Waals surface area contributed by atoms with Crippen molar-refractivity contribution in [2.24, 2.45) is 5.10 Å². The molecule has 0 saturated carbocycles. The number of alkyl halides is 3. The van der Waals surface area contributed by atoms with Crippen molar-refractivity contribution in [2.45, 2.75) is 6.18 Å². The summed E-state index contributed by atoms with van der Waals surface area (Å²) in [5.74, 6) is 0.0537. The van der Waals surface area contributed by atoms with Crippen LogP contribution in [0.2, 0.25) is 5.02 Å². The number of hydrogen-bond acceptors (Lipinski definition) is 3. The summed E-state index contributed by atoms with van der Waals surface area (Å²) in [4.78, 5) is 3.61. The third-order valence-electron chi connectivity index (χ3n) is 2.42. The number of pyridine rings is 1. The van der Waals surface area contributed by atoms with Crippen LogP contribution in [0.25, 0.3) is 0 Å². The van der Waals surface area contributed by atoms with Crippen LogP contribution in [0.15, 0.2) is 46.1 Å². The Labute approximate surface area is 132 Å². The van der Waals surface area contributed by atoms with E-state index in [1.165, 1.54) is 6.21 Å². The van der Waals surface area contributed by atoms with Crippen molar-refractivity contribution in [1.29, 1.82) is 0 Å². The highest BCUT2D eigenvalue weighted by molar-refractivity contribution is 9.10. The molecule has 0 aliphatic rings. The lowest BCUT2D eigenvalue weighted by atomic mass is 10.2. The van der Waals surface area contributed by atoms with Crippen LogP contribution >= 0.6 is 27.5 Å². The van der Waals surface area contributed by atoms with Crippen molar-refractivity contribution in [3.63, 3.8) is 0 Å². The summed E-state index contributed by atoms with van der Waals surface area (Å²) < 4.78 is 38.3. The van der Waals surface area contributed by atoms with E-state index in [0.29, 0.717) is 6.20 Å². The Morgan fingerprint density at radius 3 is 2.48 bits per heavy atom. The van der Waals surface area contributed by atoms with Gasteiger partial charge in [0.05, 0.1) is 16.8 Å². The maximum absolute atomic E-state index is 12.5. The highest BCUT2D eigenvalue weighted by Gasteiger charge is 2.31. The fourth-order valence-electron chi connectivity index (χ4n) is 1.39. The lowest BCUT2D eigenvalue weighted by molar-refractivity contribution is -0.137. The van der Waals surface area contributed by atoms with Gasteiger partial charge >= 0.3 is 6.18 Å². The molecule has 1 heterocycles. The first kappa shape index (κ1) is 15.8. The zero-order valence-electron chi connectivity index (χ0n) is 10.3. The Bertz CT molecular complexity index is 657. The predicted molar refractivity (Wildman–Crippen MR) is 79.6 cm³/mol. The first-order valence-corrected chi connectivity index (χ1v) is 6.81. The van der Waals surface area contributed by atoms with E-state index in [4.69, 9.17) is 11.6 Å². The summed E-state index contributed by atoms with van der Waals surface area (Å²) >= 11 is 9.04. The zero-order chi connectivity index (χ0) is 15.5. The monoisotopic (exact) mass is 377 g/mol. The predicted octanol–water partition coefficient (Wildman–Crippen LogP) is 4.96. The molecule has 0 spiro atoms. The fraction of sp³-hybridized carbons (Fsp3) is 0.0769. The molecule has 21 heavy (non-hydrogen) atoms. The Morgan fingerprint density at radius 2 is 1.90 bits per heavy atom. The Balaban J connectivity index is 2.08. The summed E-state index contributed by atoms with van der Waals surface area (Å²) in [5.41, 5.74) is 2.41. The number of rotatable bonds is 3. The summed E-state index contributed by atoms with van der Waals surface area (Å²) in [6.45, 7) is 0. The van der Waals surface area contributed by atoms with Crippen molar-refractivity contribution in [1.82, 2.24) is 4.98 Å². The Hall–Kier alpha value is -1.60. The summed E-state index contributed by atoms with van der Waals surface area (Å²) in [5, 5.41) is 3.72. The molecule has 0 fully saturated rings. The van der Waals surface area contributed by atoms with Crippen molar-refractivity contribution in [2.75, 3.05) is 5.43 Å². The molecule has 0 unspecified atom stereocenters. The standard InChI is InChI=1S/C13H8BrClF3N3/c14-10-3-1-8(2-4-10)6-20-21-12-11(15)5-9(7-19-12)13(16,17)18/h1-7H,(H,19,21)/b20-6-. The highest BCUT2D eigenvalue weighted by atomic mass is 79.9. The molecule has 2 rings (SSSR count). The van der Waals surface area contributed by atoms with Crippen molar-refractivity contribution in [3.8, 4) is 0 Å². The van der Waals surface area contributed by atoms with Crippen LogP contribution in [0.5, 0.6) is 0 Å². The second-order valence-electron chi connectivity index (χ2n) is 3.97. The molecular weight excluding hydrogens is 371 g/mol. The number of hydrogen-bond donors (Lipinski definition) is 1. The zero-order valence-corrected chi connectivity index (χ0v) is 12.7. The number of nitrogens with one attached hydrogen (secondary N) is 1. The second-order valence-corrected chi connectivity index (χ2v) is 5.30. The smallest absolute Gasteiger partial charge is 0.260 e. The van der Waals surface area contributed by atoms with Gasteiger partial charge in [-0.3, -0.25) is 5.43 Å². The molecule has 110 valence electrons. The van der Waals surface area contributed by atoms with E-state index >= 15 is 0 Å². The van der Waals surface area contributed by atoms with Gasteiger partial charge in [-0.15, -0.1) is 0 Å². The van der Waals surface area contributed by atoms with Gasteiger partial charge in [-0.1, -0.05) is 39.7 Å². The first-order chi connectivity index (χ1) is 9.86. The molecule has 1 N–H and O–H groups in total. The number of aromatic nitrogens is 1. The molecule has 1 aromatic carbocycles. The van der Waals surface area contributed by atoms with Gasteiger partial charge in [0.1, 0.15) is 0 Å². The number of halogens is 5. The largest absolute Gasteiger partial charge is 0.417 e. The van der Waals surface area contributed by atoms with E-state index in [1.807, 2.05) is 24.3 Å². The van der Waals surface area contributed by atoms with E-state index in [1.54, 1.807) is 0 Å². The lowest BCUT2D eigenvalue weighted by Crippen LogP contribution is -2.06. The highest BCUT2D eigenvalue weighted by Crippen LogP contribution is 2.32. The van der Waals surface area contributed by atoms with Crippen molar-refractivity contribution >= 4 is 39.6 Å². The van der Waals surface area contributed by atoms with Crippen molar-refractivity contribution in [3.05, 3.63) is 57.2 Å². The van der Waals surface area contributed by atoms with E-state index in [9.17, 15) is 13.2 Å². The SMILES string of the molecule is FC(F)(F)c1cnc(N/N=C\c2ccc(Br)cc2)c(Cl)c1. The number of benzene rings is 1. The third-order valence-corrected chi connectivity index (χ3v) is 3.24. The molecule has 0 saturated heterocycles. The molecule has 1 aromatic heterocycles. The maximum Gasteiger partial charge on any atom is 0.417 e. The van der Waals surface area contributed by atoms with Gasteiger partial charge in [-0.05, 0) is 23.8 Å². The minimum atomic E-state index is -4.48. The Morgan fingerprint density at radius 1 is 1.24 bits per heavy atom. The van der Waals surface area contributed by atoms with Gasteiger partial charge in [0.15, 0.2) is 5.82 Å². The minimum Gasteiger partial charge on any atom is -0.260 e. The maximum atomic E-state index is 12.5. The molecule has 0 amide bonds. The van der Waals surface area contributed by atoms with Gasteiger partial charge in [0.25, 0.3) is 0 Å². The van der Waals surface area contributed by atoms with Crippen LogP contribution in [0.3, 0.4) is 0 Å². The molecule has 3 nitrogen and oxygen atoms in total. The molecule has 0 bridgehead atoms. The van der Waals surface area contributed by atoms with Crippen LogP contribution < -0.4 is 5.43 Å². The summed E-state index contributed by atoms with van der Waals surface area (Å²) in [6, 6.07) is 8.11. The fourth-order valence-corrected chi connectivity index (χ4v) is 1.86. The van der Waals surface area contributed by atoms with Gasteiger partial charge in [0, 0.05) is 10.7 Å². The van der Waals surface area contributed by atoms with Crippen molar-refractivity contribution < 1.29 is 13.2 Å². The molecule has 0 atom stereocenters. The van der Waals surface area contributed by atoms with Gasteiger partial charge in [-0.25, -0.2) is 4.98 Å². The minimum absolute atomic E-state index is 0.0537.